The summed E-state index contributed by atoms with van der Waals surface area (Å²) in [6.07, 6.45) is 9.21. The summed E-state index contributed by atoms with van der Waals surface area (Å²) in [5.74, 6) is -0.0710. The van der Waals surface area contributed by atoms with Crippen LogP contribution >= 0.6 is 0 Å². The second-order valence-electron chi connectivity index (χ2n) is 6.21. The molecule has 1 aliphatic heterocycles. The van der Waals surface area contributed by atoms with Crippen LogP contribution in [0.25, 0.3) is 0 Å². The molecule has 1 saturated carbocycles. The number of methoxy groups -OCH3 is 1. The fourth-order valence-electron chi connectivity index (χ4n) is 3.41. The van der Waals surface area contributed by atoms with Crippen LogP contribution < -0.4 is 0 Å². The summed E-state index contributed by atoms with van der Waals surface area (Å²) in [5, 5.41) is 0. The van der Waals surface area contributed by atoms with Crippen molar-refractivity contribution in [3.63, 3.8) is 0 Å². The van der Waals surface area contributed by atoms with Crippen LogP contribution in [0, 0.1) is 0 Å². The SMILES string of the molecule is COC(=O)CN(CC(=O)N1CCCCCC1)C1CCCC1. The predicted octanol–water partition coefficient (Wildman–Crippen LogP) is 1.81. The molecule has 5 heteroatoms. The highest BCUT2D eigenvalue weighted by molar-refractivity contribution is 5.79. The van der Waals surface area contributed by atoms with Crippen molar-refractivity contribution in [3.05, 3.63) is 0 Å². The molecule has 1 heterocycles. The Morgan fingerprint density at radius 2 is 1.62 bits per heavy atom. The van der Waals surface area contributed by atoms with Crippen molar-refractivity contribution in [3.8, 4) is 0 Å². The molecule has 2 fully saturated rings. The van der Waals surface area contributed by atoms with Gasteiger partial charge < -0.3 is 9.64 Å². The Hall–Kier alpha value is -1.10. The largest absolute Gasteiger partial charge is 0.468 e. The monoisotopic (exact) mass is 296 g/mol. The minimum absolute atomic E-state index is 0.174. The fourth-order valence-corrected chi connectivity index (χ4v) is 3.41. The van der Waals surface area contributed by atoms with Crippen molar-refractivity contribution in [1.29, 1.82) is 0 Å². The van der Waals surface area contributed by atoms with Crippen molar-refractivity contribution in [2.45, 2.75) is 57.4 Å². The molecule has 0 atom stereocenters. The number of amides is 1. The molecule has 0 unspecified atom stereocenters. The zero-order valence-corrected chi connectivity index (χ0v) is 13.2. The van der Waals surface area contributed by atoms with Gasteiger partial charge in [-0.1, -0.05) is 25.7 Å². The maximum atomic E-state index is 12.5. The molecular formula is C16H28N2O3. The standard InChI is InChI=1S/C16H28N2O3/c1-21-16(20)13-18(14-8-4-5-9-14)12-15(19)17-10-6-2-3-7-11-17/h14H,2-13H2,1H3. The van der Waals surface area contributed by atoms with Gasteiger partial charge in [0.05, 0.1) is 20.2 Å². The van der Waals surface area contributed by atoms with Gasteiger partial charge >= 0.3 is 5.97 Å². The van der Waals surface area contributed by atoms with E-state index in [-0.39, 0.29) is 18.4 Å². The molecule has 1 aliphatic carbocycles. The van der Waals surface area contributed by atoms with Crippen LogP contribution in [0.15, 0.2) is 0 Å². The molecule has 0 bridgehead atoms. The Balaban J connectivity index is 1.92. The Kier molecular flexibility index (Phi) is 6.49. The molecule has 0 aromatic rings. The van der Waals surface area contributed by atoms with Crippen LogP contribution in [0.2, 0.25) is 0 Å². The third-order valence-electron chi connectivity index (χ3n) is 4.70. The van der Waals surface area contributed by atoms with Crippen molar-refractivity contribution < 1.29 is 14.3 Å². The molecule has 2 rings (SSSR count). The highest BCUT2D eigenvalue weighted by Gasteiger charge is 2.28. The predicted molar refractivity (Wildman–Crippen MR) is 80.9 cm³/mol. The van der Waals surface area contributed by atoms with E-state index in [1.807, 2.05) is 9.80 Å². The van der Waals surface area contributed by atoms with Crippen molar-refractivity contribution in [2.75, 3.05) is 33.3 Å². The highest BCUT2D eigenvalue weighted by atomic mass is 16.5. The van der Waals surface area contributed by atoms with Gasteiger partial charge in [0.2, 0.25) is 5.91 Å². The number of likely N-dealkylation sites (tertiary alicyclic amines) is 1. The van der Waals surface area contributed by atoms with E-state index >= 15 is 0 Å². The Bertz CT molecular complexity index is 345. The molecule has 5 nitrogen and oxygen atoms in total. The van der Waals surface area contributed by atoms with E-state index in [4.69, 9.17) is 4.74 Å². The Morgan fingerprint density at radius 1 is 1.00 bits per heavy atom. The topological polar surface area (TPSA) is 49.9 Å². The normalized spacial score (nSPS) is 20.6. The first-order chi connectivity index (χ1) is 10.2. The van der Waals surface area contributed by atoms with Crippen LogP contribution in [-0.2, 0) is 14.3 Å². The molecule has 0 N–H and O–H groups in total. The summed E-state index contributed by atoms with van der Waals surface area (Å²) in [5.41, 5.74) is 0. The van der Waals surface area contributed by atoms with E-state index in [1.165, 1.54) is 32.8 Å². The third kappa shape index (κ3) is 4.99. The zero-order valence-electron chi connectivity index (χ0n) is 13.2. The van der Waals surface area contributed by atoms with Crippen molar-refractivity contribution >= 4 is 11.9 Å². The Morgan fingerprint density at radius 3 is 2.19 bits per heavy atom. The molecule has 0 aromatic carbocycles. The van der Waals surface area contributed by atoms with Crippen LogP contribution in [0.1, 0.15) is 51.4 Å². The first kappa shape index (κ1) is 16.3. The van der Waals surface area contributed by atoms with Crippen molar-refractivity contribution in [2.24, 2.45) is 0 Å². The lowest BCUT2D eigenvalue weighted by Gasteiger charge is -2.30. The van der Waals surface area contributed by atoms with Gasteiger partial charge in [0.15, 0.2) is 0 Å². The first-order valence-corrected chi connectivity index (χ1v) is 8.29. The van der Waals surface area contributed by atoms with E-state index in [1.54, 1.807) is 0 Å². The maximum Gasteiger partial charge on any atom is 0.319 e. The summed E-state index contributed by atoms with van der Waals surface area (Å²) in [7, 11) is 1.41. The molecule has 21 heavy (non-hydrogen) atoms. The average molecular weight is 296 g/mol. The second kappa shape index (κ2) is 8.37. The van der Waals surface area contributed by atoms with Gasteiger partial charge in [-0.05, 0) is 25.7 Å². The van der Waals surface area contributed by atoms with E-state index in [2.05, 4.69) is 0 Å². The van der Waals surface area contributed by atoms with Gasteiger partial charge in [0.1, 0.15) is 0 Å². The maximum absolute atomic E-state index is 12.5. The third-order valence-corrected chi connectivity index (χ3v) is 4.70. The minimum Gasteiger partial charge on any atom is -0.468 e. The minimum atomic E-state index is -0.245. The lowest BCUT2D eigenvalue weighted by Crippen LogP contribution is -2.46. The van der Waals surface area contributed by atoms with Gasteiger partial charge in [-0.3, -0.25) is 14.5 Å². The molecular weight excluding hydrogens is 268 g/mol. The average Bonchev–Trinajstić information content (AvgIpc) is 2.88. The number of nitrogens with zero attached hydrogens (tertiary/aromatic N) is 2. The van der Waals surface area contributed by atoms with Gasteiger partial charge in [-0.25, -0.2) is 0 Å². The van der Waals surface area contributed by atoms with Crippen LogP contribution in [-0.4, -0.2) is 61.0 Å². The molecule has 0 spiro atoms. The zero-order chi connectivity index (χ0) is 15.1. The smallest absolute Gasteiger partial charge is 0.319 e. The summed E-state index contributed by atoms with van der Waals surface area (Å²) < 4.78 is 4.78. The van der Waals surface area contributed by atoms with E-state index in [9.17, 15) is 9.59 Å². The summed E-state index contributed by atoms with van der Waals surface area (Å²) in [4.78, 5) is 28.1. The van der Waals surface area contributed by atoms with Crippen LogP contribution in [0.3, 0.4) is 0 Å². The number of hydrogen-bond acceptors (Lipinski definition) is 4. The quantitative estimate of drug-likeness (QED) is 0.726. The van der Waals surface area contributed by atoms with E-state index < -0.39 is 0 Å². The number of rotatable bonds is 5. The number of esters is 1. The summed E-state index contributed by atoms with van der Waals surface area (Å²) in [6.45, 7) is 2.34. The summed E-state index contributed by atoms with van der Waals surface area (Å²) in [6, 6.07) is 0.361. The van der Waals surface area contributed by atoms with Crippen LogP contribution in [0.5, 0.6) is 0 Å². The van der Waals surface area contributed by atoms with Gasteiger partial charge in [0.25, 0.3) is 0 Å². The lowest BCUT2D eigenvalue weighted by molar-refractivity contribution is -0.143. The van der Waals surface area contributed by atoms with E-state index in [0.29, 0.717) is 12.6 Å². The van der Waals surface area contributed by atoms with Crippen LogP contribution in [0.4, 0.5) is 0 Å². The number of hydrogen-bond donors (Lipinski definition) is 0. The fraction of sp³-hybridized carbons (Fsp3) is 0.875. The molecule has 0 aromatic heterocycles. The number of carbonyl (C=O) groups is 2. The van der Waals surface area contributed by atoms with E-state index in [0.717, 1.165) is 38.8 Å². The summed E-state index contributed by atoms with van der Waals surface area (Å²) >= 11 is 0. The lowest BCUT2D eigenvalue weighted by atomic mass is 10.2. The molecule has 1 amide bonds. The van der Waals surface area contributed by atoms with Gasteiger partial charge in [-0.2, -0.15) is 0 Å². The second-order valence-corrected chi connectivity index (χ2v) is 6.21. The molecule has 120 valence electrons. The molecule has 0 radical (unpaired) electrons. The highest BCUT2D eigenvalue weighted by Crippen LogP contribution is 2.23. The number of carbonyl (C=O) groups excluding carboxylic acids is 2. The molecule has 1 saturated heterocycles. The van der Waals surface area contributed by atoms with Gasteiger partial charge in [0, 0.05) is 19.1 Å². The van der Waals surface area contributed by atoms with Crippen molar-refractivity contribution in [1.82, 2.24) is 9.80 Å². The molecule has 2 aliphatic rings. The first-order valence-electron chi connectivity index (χ1n) is 8.29. The Labute approximate surface area is 127 Å². The number of ether oxygens (including phenoxy) is 1. The van der Waals surface area contributed by atoms with Gasteiger partial charge in [-0.15, -0.1) is 0 Å².